The number of carbonyl (C=O) groups excluding carboxylic acids is 1. The third kappa shape index (κ3) is 7.71. The number of alkyl halides is 3. The van der Waals surface area contributed by atoms with Gasteiger partial charge in [-0.3, -0.25) is 0 Å². The van der Waals surface area contributed by atoms with Crippen LogP contribution < -0.4 is 10.6 Å². The fraction of sp³-hybridized carbons (Fsp3) is 0.278. The van der Waals surface area contributed by atoms with Crippen LogP contribution in [0.15, 0.2) is 54.6 Å². The summed E-state index contributed by atoms with van der Waals surface area (Å²) in [6.45, 7) is -0.616. The highest BCUT2D eigenvalue weighted by atomic mass is 19.4. The Morgan fingerprint density at radius 1 is 0.840 bits per heavy atom. The summed E-state index contributed by atoms with van der Waals surface area (Å²) in [4.78, 5) is 11.7. The third-order valence-corrected chi connectivity index (χ3v) is 3.31. The monoisotopic (exact) mass is 352 g/mol. The number of urea groups is 1. The van der Waals surface area contributed by atoms with Gasteiger partial charge in [0, 0.05) is 13.1 Å². The summed E-state index contributed by atoms with van der Waals surface area (Å²) in [7, 11) is 0. The molecule has 2 amide bonds. The number of halogens is 3. The van der Waals surface area contributed by atoms with E-state index >= 15 is 0 Å². The summed E-state index contributed by atoms with van der Waals surface area (Å²) in [5.74, 6) is 0. The molecule has 0 unspecified atom stereocenters. The molecule has 0 heterocycles. The Bertz CT molecular complexity index is 658. The number of nitrogens with one attached hydrogen (secondary N) is 2. The van der Waals surface area contributed by atoms with Crippen molar-refractivity contribution in [1.82, 2.24) is 10.6 Å². The molecule has 0 aliphatic rings. The van der Waals surface area contributed by atoms with Gasteiger partial charge in [-0.25, -0.2) is 4.79 Å². The van der Waals surface area contributed by atoms with Crippen molar-refractivity contribution in [2.75, 3.05) is 6.61 Å². The van der Waals surface area contributed by atoms with E-state index in [-0.39, 0.29) is 12.6 Å². The van der Waals surface area contributed by atoms with Crippen LogP contribution in [0.3, 0.4) is 0 Å². The van der Waals surface area contributed by atoms with E-state index in [1.165, 1.54) is 0 Å². The van der Waals surface area contributed by atoms with Gasteiger partial charge in [-0.05, 0) is 16.7 Å². The first-order chi connectivity index (χ1) is 11.9. The second-order valence-corrected chi connectivity index (χ2v) is 5.45. The van der Waals surface area contributed by atoms with Crippen molar-refractivity contribution in [3.63, 3.8) is 0 Å². The molecular formula is C18H19F3N2O2. The number of benzene rings is 2. The normalized spacial score (nSPS) is 11.2. The van der Waals surface area contributed by atoms with Crippen LogP contribution in [0, 0.1) is 0 Å². The average molecular weight is 352 g/mol. The van der Waals surface area contributed by atoms with Crippen molar-refractivity contribution in [2.45, 2.75) is 25.9 Å². The molecule has 0 bridgehead atoms. The standard InChI is InChI=1S/C18H19F3N2O2/c19-18(20,21)13-25-12-16-8-6-15(7-9-16)11-23-17(24)22-10-14-4-2-1-3-5-14/h1-9H,10-13H2,(H2,22,23,24). The Morgan fingerprint density at radius 2 is 1.36 bits per heavy atom. The molecular weight excluding hydrogens is 333 g/mol. The first-order valence-corrected chi connectivity index (χ1v) is 7.70. The molecule has 0 aliphatic heterocycles. The highest BCUT2D eigenvalue weighted by molar-refractivity contribution is 5.73. The maximum absolute atomic E-state index is 12.0. The summed E-state index contributed by atoms with van der Waals surface area (Å²) in [5, 5.41) is 5.47. The summed E-state index contributed by atoms with van der Waals surface area (Å²) < 4.78 is 40.6. The van der Waals surface area contributed by atoms with Crippen molar-refractivity contribution in [3.8, 4) is 0 Å². The molecule has 0 aromatic heterocycles. The highest BCUT2D eigenvalue weighted by Crippen LogP contribution is 2.15. The topological polar surface area (TPSA) is 50.4 Å². The van der Waals surface area contributed by atoms with Gasteiger partial charge >= 0.3 is 12.2 Å². The lowest BCUT2D eigenvalue weighted by molar-refractivity contribution is -0.176. The molecule has 0 fully saturated rings. The molecule has 2 N–H and O–H groups in total. The highest BCUT2D eigenvalue weighted by Gasteiger charge is 2.27. The number of hydrogen-bond acceptors (Lipinski definition) is 2. The molecule has 0 atom stereocenters. The van der Waals surface area contributed by atoms with Gasteiger partial charge in [-0.2, -0.15) is 13.2 Å². The predicted molar refractivity (Wildman–Crippen MR) is 87.7 cm³/mol. The Balaban J connectivity index is 1.69. The van der Waals surface area contributed by atoms with Crippen LogP contribution in [0.1, 0.15) is 16.7 Å². The Labute approximate surface area is 144 Å². The van der Waals surface area contributed by atoms with Crippen LogP contribution in [-0.4, -0.2) is 18.8 Å². The number of amides is 2. The zero-order valence-electron chi connectivity index (χ0n) is 13.5. The Kier molecular flexibility index (Phi) is 6.82. The minimum atomic E-state index is -4.32. The van der Waals surface area contributed by atoms with Crippen molar-refractivity contribution >= 4 is 6.03 Å². The summed E-state index contributed by atoms with van der Waals surface area (Å²) in [6.07, 6.45) is -4.32. The van der Waals surface area contributed by atoms with Crippen molar-refractivity contribution in [2.24, 2.45) is 0 Å². The Morgan fingerprint density at radius 3 is 1.92 bits per heavy atom. The Hall–Kier alpha value is -2.54. The number of hydrogen-bond donors (Lipinski definition) is 2. The van der Waals surface area contributed by atoms with Crippen LogP contribution in [0.5, 0.6) is 0 Å². The minimum Gasteiger partial charge on any atom is -0.367 e. The van der Waals surface area contributed by atoms with Crippen molar-refractivity contribution in [1.29, 1.82) is 0 Å². The van der Waals surface area contributed by atoms with Crippen LogP contribution in [-0.2, 0) is 24.4 Å². The van der Waals surface area contributed by atoms with Crippen LogP contribution >= 0.6 is 0 Å². The summed E-state index contributed by atoms with van der Waals surface area (Å²) in [5.41, 5.74) is 2.48. The largest absolute Gasteiger partial charge is 0.411 e. The first kappa shape index (κ1) is 18.8. The molecule has 0 saturated carbocycles. The van der Waals surface area contributed by atoms with E-state index in [1.807, 2.05) is 30.3 Å². The fourth-order valence-electron chi connectivity index (χ4n) is 2.06. The van der Waals surface area contributed by atoms with Gasteiger partial charge in [0.1, 0.15) is 6.61 Å². The van der Waals surface area contributed by atoms with E-state index in [9.17, 15) is 18.0 Å². The van der Waals surface area contributed by atoms with Gasteiger partial charge in [0.2, 0.25) is 0 Å². The zero-order chi connectivity index (χ0) is 18.1. The molecule has 2 rings (SSSR count). The average Bonchev–Trinajstić information content (AvgIpc) is 2.59. The number of rotatable bonds is 7. The lowest BCUT2D eigenvalue weighted by Gasteiger charge is -2.09. The molecule has 4 nitrogen and oxygen atoms in total. The van der Waals surface area contributed by atoms with E-state index in [1.54, 1.807) is 24.3 Å². The van der Waals surface area contributed by atoms with Crippen LogP contribution in [0.2, 0.25) is 0 Å². The molecule has 2 aromatic rings. The van der Waals surface area contributed by atoms with Gasteiger partial charge < -0.3 is 15.4 Å². The minimum absolute atomic E-state index is 0.106. The number of carbonyl (C=O) groups is 1. The second kappa shape index (κ2) is 9.08. The second-order valence-electron chi connectivity index (χ2n) is 5.45. The lowest BCUT2D eigenvalue weighted by Crippen LogP contribution is -2.34. The molecule has 7 heteroatoms. The van der Waals surface area contributed by atoms with Gasteiger partial charge in [0.15, 0.2) is 0 Å². The summed E-state index contributed by atoms with van der Waals surface area (Å²) >= 11 is 0. The summed E-state index contributed by atoms with van der Waals surface area (Å²) in [6, 6.07) is 16.1. The molecule has 2 aromatic carbocycles. The van der Waals surface area contributed by atoms with E-state index in [4.69, 9.17) is 0 Å². The van der Waals surface area contributed by atoms with Crippen molar-refractivity contribution in [3.05, 3.63) is 71.3 Å². The van der Waals surface area contributed by atoms with E-state index in [2.05, 4.69) is 15.4 Å². The SMILES string of the molecule is O=C(NCc1ccccc1)NCc1ccc(COCC(F)(F)F)cc1. The molecule has 0 aliphatic carbocycles. The maximum Gasteiger partial charge on any atom is 0.411 e. The van der Waals surface area contributed by atoms with Crippen molar-refractivity contribution < 1.29 is 22.7 Å². The fourth-order valence-corrected chi connectivity index (χ4v) is 2.06. The molecule has 25 heavy (non-hydrogen) atoms. The molecule has 0 radical (unpaired) electrons. The van der Waals surface area contributed by atoms with Gasteiger partial charge in [0.25, 0.3) is 0 Å². The quantitative estimate of drug-likeness (QED) is 0.797. The number of ether oxygens (including phenoxy) is 1. The first-order valence-electron chi connectivity index (χ1n) is 7.70. The van der Waals surface area contributed by atoms with E-state index in [0.717, 1.165) is 11.1 Å². The third-order valence-electron chi connectivity index (χ3n) is 3.31. The van der Waals surface area contributed by atoms with Crippen LogP contribution in [0.4, 0.5) is 18.0 Å². The maximum atomic E-state index is 12.0. The van der Waals surface area contributed by atoms with E-state index in [0.29, 0.717) is 18.7 Å². The molecule has 134 valence electrons. The molecule has 0 saturated heterocycles. The molecule has 0 spiro atoms. The van der Waals surface area contributed by atoms with Crippen LogP contribution in [0.25, 0.3) is 0 Å². The zero-order valence-corrected chi connectivity index (χ0v) is 13.5. The van der Waals surface area contributed by atoms with Gasteiger partial charge in [-0.15, -0.1) is 0 Å². The lowest BCUT2D eigenvalue weighted by atomic mass is 10.1. The van der Waals surface area contributed by atoms with Gasteiger partial charge in [-0.1, -0.05) is 54.6 Å². The smallest absolute Gasteiger partial charge is 0.367 e. The van der Waals surface area contributed by atoms with E-state index < -0.39 is 12.8 Å². The van der Waals surface area contributed by atoms with Gasteiger partial charge in [0.05, 0.1) is 6.61 Å². The predicted octanol–water partition coefficient (Wildman–Crippen LogP) is 3.76.